The number of anilines is 1. The van der Waals surface area contributed by atoms with Gasteiger partial charge >= 0.3 is 0 Å². The second-order valence-corrected chi connectivity index (χ2v) is 5.76. The van der Waals surface area contributed by atoms with Gasteiger partial charge in [0, 0.05) is 24.5 Å². The molecule has 1 aromatic rings. The highest BCUT2D eigenvalue weighted by molar-refractivity contribution is 7.15. The molecule has 3 nitrogen and oxygen atoms in total. The lowest BCUT2D eigenvalue weighted by Gasteiger charge is -2.19. The Bertz CT molecular complexity index is 331. The fourth-order valence-electron chi connectivity index (χ4n) is 1.46. The summed E-state index contributed by atoms with van der Waals surface area (Å²) in [4.78, 5) is 8.35. The van der Waals surface area contributed by atoms with E-state index >= 15 is 0 Å². The topological polar surface area (TPSA) is 28.2 Å². The lowest BCUT2D eigenvalue weighted by molar-refractivity contribution is 0.738. The maximum atomic E-state index is 4.75. The van der Waals surface area contributed by atoms with Crippen molar-refractivity contribution in [1.82, 2.24) is 10.3 Å². The van der Waals surface area contributed by atoms with E-state index in [1.807, 2.05) is 7.05 Å². The molecule has 0 saturated heterocycles. The van der Waals surface area contributed by atoms with Gasteiger partial charge in [-0.25, -0.2) is 4.98 Å². The lowest BCUT2D eigenvalue weighted by Crippen LogP contribution is -2.25. The van der Waals surface area contributed by atoms with Crippen molar-refractivity contribution in [3.8, 4) is 0 Å². The molecule has 0 saturated carbocycles. The summed E-state index contributed by atoms with van der Waals surface area (Å²) in [7, 11) is 4.09. The van der Waals surface area contributed by atoms with Crippen molar-refractivity contribution < 1.29 is 0 Å². The minimum atomic E-state index is 0.494. The molecule has 1 heterocycles. The van der Waals surface area contributed by atoms with Crippen LogP contribution in [0.3, 0.4) is 0 Å². The average Bonchev–Trinajstić information content (AvgIpc) is 2.61. The Morgan fingerprint density at radius 1 is 1.31 bits per heavy atom. The van der Waals surface area contributed by atoms with Crippen molar-refractivity contribution >= 4 is 16.5 Å². The van der Waals surface area contributed by atoms with E-state index in [0.717, 1.165) is 11.7 Å². The summed E-state index contributed by atoms with van der Waals surface area (Å²) >= 11 is 1.80. The highest BCUT2D eigenvalue weighted by atomic mass is 32.1. The zero-order valence-electron chi connectivity index (χ0n) is 11.2. The summed E-state index contributed by atoms with van der Waals surface area (Å²) < 4.78 is 0. The van der Waals surface area contributed by atoms with E-state index in [-0.39, 0.29) is 0 Å². The molecule has 16 heavy (non-hydrogen) atoms. The Morgan fingerprint density at radius 3 is 2.38 bits per heavy atom. The summed E-state index contributed by atoms with van der Waals surface area (Å²) in [5, 5.41) is 4.34. The molecule has 1 aromatic heterocycles. The van der Waals surface area contributed by atoms with Crippen LogP contribution in [0.5, 0.6) is 0 Å². The van der Waals surface area contributed by atoms with Gasteiger partial charge in [-0.05, 0) is 26.8 Å². The second-order valence-electron chi connectivity index (χ2n) is 4.69. The number of nitrogens with zero attached hydrogens (tertiary/aromatic N) is 2. The van der Waals surface area contributed by atoms with Crippen molar-refractivity contribution in [3.05, 3.63) is 10.6 Å². The minimum Gasteiger partial charge on any atom is -0.349 e. The van der Waals surface area contributed by atoms with Gasteiger partial charge in [0.25, 0.3) is 0 Å². The minimum absolute atomic E-state index is 0.494. The first kappa shape index (κ1) is 13.5. The zero-order valence-corrected chi connectivity index (χ0v) is 12.0. The molecule has 1 rings (SSSR count). The number of aromatic nitrogens is 1. The number of thiazole rings is 1. The van der Waals surface area contributed by atoms with Gasteiger partial charge in [-0.2, -0.15) is 0 Å². The molecule has 0 unspecified atom stereocenters. The number of hydrogen-bond acceptors (Lipinski definition) is 4. The highest BCUT2D eigenvalue weighted by Crippen LogP contribution is 2.30. The van der Waals surface area contributed by atoms with E-state index in [0.29, 0.717) is 12.0 Å². The number of hydrogen-bond donors (Lipinski definition) is 1. The van der Waals surface area contributed by atoms with Crippen LogP contribution in [-0.2, 0) is 6.54 Å². The van der Waals surface area contributed by atoms with Gasteiger partial charge in [0.1, 0.15) is 0 Å². The van der Waals surface area contributed by atoms with E-state index in [1.165, 1.54) is 10.6 Å². The molecule has 0 fully saturated rings. The smallest absolute Gasteiger partial charge is 0.185 e. The molecule has 0 aliphatic carbocycles. The normalized spacial score (nSPS) is 11.5. The first-order chi connectivity index (χ1) is 7.47. The van der Waals surface area contributed by atoms with Gasteiger partial charge in [-0.1, -0.05) is 13.8 Å². The van der Waals surface area contributed by atoms with Crippen molar-refractivity contribution in [2.75, 3.05) is 19.0 Å². The summed E-state index contributed by atoms with van der Waals surface area (Å²) in [5.41, 5.74) is 1.24. The maximum absolute atomic E-state index is 4.75. The summed E-state index contributed by atoms with van der Waals surface area (Å²) in [6.07, 6.45) is 0. The predicted molar refractivity (Wildman–Crippen MR) is 72.5 cm³/mol. The molecule has 0 bridgehead atoms. The van der Waals surface area contributed by atoms with E-state index < -0.39 is 0 Å². The third-order valence-corrected chi connectivity index (χ3v) is 3.84. The fraction of sp³-hybridized carbons (Fsp3) is 0.750. The second kappa shape index (κ2) is 5.64. The fourth-order valence-corrected chi connectivity index (χ4v) is 2.78. The Morgan fingerprint density at radius 2 is 1.94 bits per heavy atom. The first-order valence-electron chi connectivity index (χ1n) is 5.84. The van der Waals surface area contributed by atoms with E-state index in [1.54, 1.807) is 11.3 Å². The lowest BCUT2D eigenvalue weighted by atomic mass is 10.1. The molecule has 0 aromatic carbocycles. The Balaban J connectivity index is 3.00. The van der Waals surface area contributed by atoms with Crippen molar-refractivity contribution in [2.45, 2.75) is 46.2 Å². The maximum Gasteiger partial charge on any atom is 0.185 e. The van der Waals surface area contributed by atoms with Crippen LogP contribution in [0.15, 0.2) is 0 Å². The van der Waals surface area contributed by atoms with Crippen LogP contribution in [0, 0.1) is 0 Å². The van der Waals surface area contributed by atoms with Crippen LogP contribution in [-0.4, -0.2) is 25.1 Å². The molecule has 0 amide bonds. The molecule has 0 spiro atoms. The molecular weight excluding hydrogens is 218 g/mol. The molecular formula is C12H23N3S. The summed E-state index contributed by atoms with van der Waals surface area (Å²) in [6, 6.07) is 0.494. The van der Waals surface area contributed by atoms with Gasteiger partial charge in [0.05, 0.1) is 5.69 Å². The van der Waals surface area contributed by atoms with Gasteiger partial charge < -0.3 is 10.2 Å². The summed E-state index contributed by atoms with van der Waals surface area (Å²) in [6.45, 7) is 9.69. The van der Waals surface area contributed by atoms with Gasteiger partial charge in [0.15, 0.2) is 5.13 Å². The van der Waals surface area contributed by atoms with E-state index in [2.05, 4.69) is 45.0 Å². The Kier molecular flexibility index (Phi) is 4.74. The van der Waals surface area contributed by atoms with Crippen LogP contribution in [0.4, 0.5) is 5.13 Å². The highest BCUT2D eigenvalue weighted by Gasteiger charge is 2.16. The molecule has 4 heteroatoms. The van der Waals surface area contributed by atoms with Gasteiger partial charge in [-0.3, -0.25) is 0 Å². The van der Waals surface area contributed by atoms with Crippen LogP contribution in [0.1, 0.15) is 44.2 Å². The van der Waals surface area contributed by atoms with Crippen LogP contribution in [0.2, 0.25) is 0 Å². The van der Waals surface area contributed by atoms with Crippen molar-refractivity contribution in [2.24, 2.45) is 0 Å². The molecule has 0 atom stereocenters. The molecule has 1 N–H and O–H groups in total. The molecule has 0 aliphatic rings. The average molecular weight is 241 g/mol. The standard InChI is InChI=1S/C12H23N3S/c1-8(2)11-10(7-13-5)16-12(14-11)15(6)9(3)4/h8-9,13H,7H2,1-6H3. The quantitative estimate of drug-likeness (QED) is 0.859. The zero-order chi connectivity index (χ0) is 12.3. The number of nitrogens with one attached hydrogen (secondary N) is 1. The van der Waals surface area contributed by atoms with Crippen molar-refractivity contribution in [3.63, 3.8) is 0 Å². The third-order valence-electron chi connectivity index (χ3n) is 2.68. The monoisotopic (exact) mass is 241 g/mol. The van der Waals surface area contributed by atoms with Crippen LogP contribution in [0.25, 0.3) is 0 Å². The Labute approximate surface area is 103 Å². The van der Waals surface area contributed by atoms with Crippen LogP contribution >= 0.6 is 11.3 Å². The summed E-state index contributed by atoms with van der Waals surface area (Å²) in [5.74, 6) is 0.494. The number of rotatable bonds is 5. The van der Waals surface area contributed by atoms with E-state index in [4.69, 9.17) is 4.98 Å². The molecule has 0 radical (unpaired) electrons. The van der Waals surface area contributed by atoms with Gasteiger partial charge in [0.2, 0.25) is 0 Å². The molecule has 92 valence electrons. The predicted octanol–water partition coefficient (Wildman–Crippen LogP) is 2.83. The van der Waals surface area contributed by atoms with E-state index in [9.17, 15) is 0 Å². The largest absolute Gasteiger partial charge is 0.349 e. The van der Waals surface area contributed by atoms with Gasteiger partial charge in [-0.15, -0.1) is 11.3 Å². The first-order valence-corrected chi connectivity index (χ1v) is 6.66. The Hall–Kier alpha value is -0.610. The van der Waals surface area contributed by atoms with Crippen molar-refractivity contribution in [1.29, 1.82) is 0 Å². The molecule has 0 aliphatic heterocycles. The van der Waals surface area contributed by atoms with Crippen LogP contribution < -0.4 is 10.2 Å². The SMILES string of the molecule is CNCc1sc(N(C)C(C)C)nc1C(C)C. The third kappa shape index (κ3) is 2.95.